The van der Waals surface area contributed by atoms with Crippen LogP contribution in [0.3, 0.4) is 0 Å². The third kappa shape index (κ3) is 3.17. The van der Waals surface area contributed by atoms with E-state index in [0.29, 0.717) is 6.42 Å². The minimum Gasteiger partial charge on any atom is -0.379 e. The van der Waals surface area contributed by atoms with Crippen LogP contribution in [0.25, 0.3) is 0 Å². The van der Waals surface area contributed by atoms with Gasteiger partial charge < -0.3 is 14.2 Å². The number of imide groups is 1. The molecule has 2 aliphatic heterocycles. The van der Waals surface area contributed by atoms with E-state index >= 15 is 0 Å². The molecule has 2 amide bonds. The summed E-state index contributed by atoms with van der Waals surface area (Å²) in [7, 11) is 3.25. The summed E-state index contributed by atoms with van der Waals surface area (Å²) in [4.78, 5) is 28.2. The van der Waals surface area contributed by atoms with Gasteiger partial charge in [-0.3, -0.25) is 14.4 Å². The zero-order valence-electron chi connectivity index (χ0n) is 12.0. The van der Waals surface area contributed by atoms with Crippen LogP contribution in [-0.2, 0) is 28.6 Å². The van der Waals surface area contributed by atoms with Crippen LogP contribution in [-0.4, -0.2) is 62.1 Å². The predicted octanol–water partition coefficient (Wildman–Crippen LogP) is 0.274. The van der Waals surface area contributed by atoms with Gasteiger partial charge in [-0.05, 0) is 6.92 Å². The van der Waals surface area contributed by atoms with Crippen LogP contribution in [0.15, 0.2) is 0 Å². The average molecular weight is 287 g/mol. The van der Waals surface area contributed by atoms with E-state index in [2.05, 4.69) is 0 Å². The summed E-state index contributed by atoms with van der Waals surface area (Å²) in [6.45, 7) is 2.05. The van der Waals surface area contributed by atoms with Gasteiger partial charge in [0.05, 0.1) is 18.3 Å². The molecule has 0 radical (unpaired) electrons. The summed E-state index contributed by atoms with van der Waals surface area (Å²) < 4.78 is 16.5. The zero-order chi connectivity index (χ0) is 14.7. The zero-order valence-corrected chi connectivity index (χ0v) is 12.0. The van der Waals surface area contributed by atoms with Gasteiger partial charge in [-0.1, -0.05) is 0 Å². The maximum atomic E-state index is 11.4. The first-order valence-electron chi connectivity index (χ1n) is 6.76. The third-order valence-corrected chi connectivity index (χ3v) is 3.70. The number of hydroxylamine groups is 2. The first-order valence-corrected chi connectivity index (χ1v) is 6.76. The minimum atomic E-state index is -0.295. The Morgan fingerprint density at radius 1 is 1.20 bits per heavy atom. The molecule has 0 spiro atoms. The summed E-state index contributed by atoms with van der Waals surface area (Å²) in [5.41, 5.74) is 0. The number of amides is 2. The molecule has 7 heteroatoms. The number of ether oxygens (including phenoxy) is 3. The van der Waals surface area contributed by atoms with Crippen molar-refractivity contribution in [1.82, 2.24) is 5.06 Å². The SMILES string of the molecule is CO[C@H]1[C@H](C)OC(CON2C(=O)CCC2=O)C[C@@H]1OC. The van der Waals surface area contributed by atoms with Gasteiger partial charge in [0.1, 0.15) is 12.7 Å². The number of methoxy groups -OCH3 is 2. The lowest BCUT2D eigenvalue weighted by Crippen LogP contribution is -2.50. The fourth-order valence-electron chi connectivity index (χ4n) is 2.67. The molecule has 0 aromatic carbocycles. The van der Waals surface area contributed by atoms with Crippen LogP contribution >= 0.6 is 0 Å². The Kier molecular flexibility index (Phi) is 5.09. The van der Waals surface area contributed by atoms with E-state index in [1.54, 1.807) is 14.2 Å². The van der Waals surface area contributed by atoms with E-state index in [0.717, 1.165) is 5.06 Å². The molecule has 2 fully saturated rings. The lowest BCUT2D eigenvalue weighted by molar-refractivity contribution is -0.223. The van der Waals surface area contributed by atoms with Gasteiger partial charge in [0, 0.05) is 33.5 Å². The van der Waals surface area contributed by atoms with Gasteiger partial charge in [0.2, 0.25) is 0 Å². The maximum absolute atomic E-state index is 11.4. The minimum absolute atomic E-state index is 0.0951. The van der Waals surface area contributed by atoms with Crippen molar-refractivity contribution in [1.29, 1.82) is 0 Å². The number of rotatable bonds is 5. The molecule has 0 saturated carbocycles. The second-order valence-corrected chi connectivity index (χ2v) is 5.05. The molecule has 2 aliphatic rings. The molecule has 7 nitrogen and oxygen atoms in total. The smallest absolute Gasteiger partial charge is 0.253 e. The summed E-state index contributed by atoms with van der Waals surface area (Å²) >= 11 is 0. The summed E-state index contributed by atoms with van der Waals surface area (Å²) in [6, 6.07) is 0. The molecule has 0 N–H and O–H groups in total. The molecular formula is C13H21NO6. The molecule has 0 aromatic heterocycles. The molecule has 4 atom stereocenters. The third-order valence-electron chi connectivity index (χ3n) is 3.70. The Morgan fingerprint density at radius 3 is 2.40 bits per heavy atom. The molecule has 2 heterocycles. The molecule has 0 aromatic rings. The van der Waals surface area contributed by atoms with Crippen LogP contribution < -0.4 is 0 Å². The predicted molar refractivity (Wildman–Crippen MR) is 67.6 cm³/mol. The average Bonchev–Trinajstić information content (AvgIpc) is 2.75. The summed E-state index contributed by atoms with van der Waals surface area (Å²) in [5.74, 6) is -0.589. The van der Waals surface area contributed by atoms with Crippen molar-refractivity contribution in [3.63, 3.8) is 0 Å². The van der Waals surface area contributed by atoms with Crippen molar-refractivity contribution >= 4 is 11.8 Å². The van der Waals surface area contributed by atoms with Gasteiger partial charge in [-0.15, -0.1) is 0 Å². The summed E-state index contributed by atoms with van der Waals surface area (Å²) in [5, 5.41) is 0.845. The molecule has 0 aliphatic carbocycles. The van der Waals surface area contributed by atoms with Crippen LogP contribution in [0.2, 0.25) is 0 Å². The number of carbonyl (C=O) groups is 2. The van der Waals surface area contributed by atoms with Gasteiger partial charge in [-0.2, -0.15) is 5.06 Å². The highest BCUT2D eigenvalue weighted by molar-refractivity contribution is 6.00. The molecule has 1 unspecified atom stereocenters. The second-order valence-electron chi connectivity index (χ2n) is 5.05. The highest BCUT2D eigenvalue weighted by atomic mass is 16.7. The van der Waals surface area contributed by atoms with Crippen molar-refractivity contribution in [2.75, 3.05) is 20.8 Å². The normalized spacial score (nSPS) is 34.9. The van der Waals surface area contributed by atoms with Gasteiger partial charge in [-0.25, -0.2) is 0 Å². The number of nitrogens with zero attached hydrogens (tertiary/aromatic N) is 1. The number of carbonyl (C=O) groups excluding carboxylic acids is 2. The van der Waals surface area contributed by atoms with E-state index < -0.39 is 0 Å². The van der Waals surface area contributed by atoms with Crippen LogP contribution in [0.1, 0.15) is 26.2 Å². The first kappa shape index (κ1) is 15.4. The molecule has 20 heavy (non-hydrogen) atoms. The lowest BCUT2D eigenvalue weighted by Gasteiger charge is -2.39. The Hall–Kier alpha value is -1.02. The van der Waals surface area contributed by atoms with Crippen molar-refractivity contribution < 1.29 is 28.6 Å². The van der Waals surface area contributed by atoms with Crippen molar-refractivity contribution in [3.8, 4) is 0 Å². The van der Waals surface area contributed by atoms with E-state index in [-0.39, 0.29) is 55.7 Å². The van der Waals surface area contributed by atoms with E-state index in [9.17, 15) is 9.59 Å². The molecule has 2 rings (SSSR count). The van der Waals surface area contributed by atoms with Crippen LogP contribution in [0.5, 0.6) is 0 Å². The van der Waals surface area contributed by atoms with E-state index in [1.807, 2.05) is 6.92 Å². The highest BCUT2D eigenvalue weighted by Gasteiger charge is 2.38. The van der Waals surface area contributed by atoms with Crippen LogP contribution in [0.4, 0.5) is 0 Å². The Morgan fingerprint density at radius 2 is 1.85 bits per heavy atom. The highest BCUT2D eigenvalue weighted by Crippen LogP contribution is 2.25. The largest absolute Gasteiger partial charge is 0.379 e. The Balaban J connectivity index is 1.87. The monoisotopic (exact) mass is 287 g/mol. The van der Waals surface area contributed by atoms with Gasteiger partial charge in [0.25, 0.3) is 11.8 Å². The standard InChI is InChI=1S/C13H21NO6/c1-8-13(18-3)10(17-2)6-9(20-8)7-19-14-11(15)4-5-12(14)16/h8-10,13H,4-7H2,1-3H3/t8-,9?,10-,13-/m0/s1. The lowest BCUT2D eigenvalue weighted by atomic mass is 9.98. The molecular weight excluding hydrogens is 266 g/mol. The Bertz CT molecular complexity index is 358. The van der Waals surface area contributed by atoms with Crippen molar-refractivity contribution in [2.45, 2.75) is 50.6 Å². The topological polar surface area (TPSA) is 74.3 Å². The van der Waals surface area contributed by atoms with Gasteiger partial charge >= 0.3 is 0 Å². The first-order chi connectivity index (χ1) is 9.56. The summed E-state index contributed by atoms with van der Waals surface area (Å²) in [6.07, 6.45) is 0.421. The molecule has 114 valence electrons. The van der Waals surface area contributed by atoms with Crippen molar-refractivity contribution in [2.24, 2.45) is 0 Å². The second kappa shape index (κ2) is 6.62. The van der Waals surface area contributed by atoms with E-state index in [4.69, 9.17) is 19.0 Å². The van der Waals surface area contributed by atoms with Crippen molar-refractivity contribution in [3.05, 3.63) is 0 Å². The van der Waals surface area contributed by atoms with Crippen LogP contribution in [0, 0.1) is 0 Å². The van der Waals surface area contributed by atoms with E-state index in [1.165, 1.54) is 0 Å². The quantitative estimate of drug-likeness (QED) is 0.676. The fraction of sp³-hybridized carbons (Fsp3) is 0.846. The van der Waals surface area contributed by atoms with Gasteiger partial charge in [0.15, 0.2) is 0 Å². The number of hydrogen-bond donors (Lipinski definition) is 0. The maximum Gasteiger partial charge on any atom is 0.253 e. The molecule has 0 bridgehead atoms. The number of hydrogen-bond acceptors (Lipinski definition) is 6. The Labute approximate surface area is 118 Å². The molecule has 2 saturated heterocycles. The fourth-order valence-corrected chi connectivity index (χ4v) is 2.67.